The third-order valence-corrected chi connectivity index (χ3v) is 12.4. The van der Waals surface area contributed by atoms with Crippen LogP contribution in [0.3, 0.4) is 0 Å². The average Bonchev–Trinajstić information content (AvgIpc) is 3.82. The molecule has 5 heteroatoms. The summed E-state index contributed by atoms with van der Waals surface area (Å²) in [5, 5.41) is 5.00. The molecule has 0 amide bonds. The van der Waals surface area contributed by atoms with Crippen LogP contribution in [0.2, 0.25) is 0 Å². The molecule has 0 atom stereocenters. The zero-order valence-electron chi connectivity index (χ0n) is 31.8. The second-order valence-electron chi connectivity index (χ2n) is 15.6. The lowest BCUT2D eigenvalue weighted by Gasteiger charge is -2.33. The predicted octanol–water partition coefficient (Wildman–Crippen LogP) is 12.5. The first kappa shape index (κ1) is 32.3. The molecular weight excluding hydrogens is 719 g/mol. The Balaban J connectivity index is 0.957. The van der Waals surface area contributed by atoms with Gasteiger partial charge in [0.1, 0.15) is 17.2 Å². The maximum atomic E-state index is 7.05. The van der Waals surface area contributed by atoms with E-state index < -0.39 is 0 Å². The van der Waals surface area contributed by atoms with Gasteiger partial charge in [-0.05, 0) is 101 Å². The first-order valence-corrected chi connectivity index (χ1v) is 20.2. The maximum Gasteiger partial charge on any atom is 0.434 e. The molecule has 0 bridgehead atoms. The molecule has 0 radical (unpaired) electrons. The summed E-state index contributed by atoms with van der Waals surface area (Å²) in [4.78, 5) is 0. The van der Waals surface area contributed by atoms with Crippen molar-refractivity contribution < 1.29 is 9.39 Å². The van der Waals surface area contributed by atoms with Gasteiger partial charge < -0.3 is 18.5 Å². The highest BCUT2D eigenvalue weighted by Gasteiger charge is 2.41. The molecule has 4 nitrogen and oxygen atoms in total. The van der Waals surface area contributed by atoms with Crippen molar-refractivity contribution in [1.82, 2.24) is 9.13 Å². The Morgan fingerprint density at radius 3 is 1.42 bits per heavy atom. The fourth-order valence-electron chi connectivity index (χ4n) is 9.76. The zero-order valence-corrected chi connectivity index (χ0v) is 31.8. The van der Waals surface area contributed by atoms with Crippen LogP contribution in [-0.2, 0) is 0 Å². The minimum atomic E-state index is -0.297. The number of hydrogen-bond donors (Lipinski definition) is 0. The molecule has 13 rings (SSSR count). The number of hydrogen-bond acceptors (Lipinski definition) is 2. The van der Waals surface area contributed by atoms with Gasteiger partial charge in [0, 0.05) is 49.4 Å². The average molecular weight is 753 g/mol. The van der Waals surface area contributed by atoms with Gasteiger partial charge in [0.2, 0.25) is 0 Å². The van der Waals surface area contributed by atoms with E-state index in [0.717, 1.165) is 72.9 Å². The van der Waals surface area contributed by atoms with Crippen LogP contribution in [0.15, 0.2) is 200 Å². The van der Waals surface area contributed by atoms with Gasteiger partial charge in [0.15, 0.2) is 0 Å². The maximum absolute atomic E-state index is 7.05. The monoisotopic (exact) mass is 752 g/mol. The van der Waals surface area contributed by atoms with Crippen LogP contribution in [0, 0.1) is 0 Å². The highest BCUT2D eigenvalue weighted by molar-refractivity contribution is 6.84. The van der Waals surface area contributed by atoms with Crippen molar-refractivity contribution in [1.29, 1.82) is 0 Å². The Morgan fingerprint density at radius 2 is 0.831 bits per heavy atom. The second-order valence-corrected chi connectivity index (χ2v) is 15.6. The van der Waals surface area contributed by atoms with Gasteiger partial charge in [-0.3, -0.25) is 0 Å². The Hall–Kier alpha value is -7.76. The zero-order chi connectivity index (χ0) is 38.6. The molecule has 0 spiro atoms. The van der Waals surface area contributed by atoms with Crippen molar-refractivity contribution in [2.75, 3.05) is 0 Å². The number of fused-ring (bicyclic) bond motifs is 10. The Kier molecular flexibility index (Phi) is 6.78. The van der Waals surface area contributed by atoms with Crippen LogP contribution in [0.25, 0.3) is 88.4 Å². The van der Waals surface area contributed by atoms with E-state index >= 15 is 0 Å². The predicted molar refractivity (Wildman–Crippen MR) is 244 cm³/mol. The van der Waals surface area contributed by atoms with E-state index in [1.54, 1.807) is 0 Å². The van der Waals surface area contributed by atoms with Crippen molar-refractivity contribution in [3.63, 3.8) is 0 Å². The second kappa shape index (κ2) is 12.4. The first-order valence-electron chi connectivity index (χ1n) is 20.2. The van der Waals surface area contributed by atoms with Gasteiger partial charge in [-0.1, -0.05) is 127 Å². The Labute approximate surface area is 340 Å². The number of aromatic nitrogens is 2. The molecule has 4 heterocycles. The molecule has 2 aliphatic heterocycles. The lowest BCUT2D eigenvalue weighted by Crippen LogP contribution is -2.53. The third kappa shape index (κ3) is 4.79. The van der Waals surface area contributed by atoms with Gasteiger partial charge in [-0.25, -0.2) is 0 Å². The third-order valence-electron chi connectivity index (χ3n) is 12.4. The molecule has 274 valence electrons. The lowest BCUT2D eigenvalue weighted by molar-refractivity contribution is 0.479. The molecule has 0 saturated carbocycles. The summed E-state index contributed by atoms with van der Waals surface area (Å²) in [5.41, 5.74) is 15.8. The molecule has 2 aromatic heterocycles. The quantitative estimate of drug-likeness (QED) is 0.168. The highest BCUT2D eigenvalue weighted by Crippen LogP contribution is 2.44. The van der Waals surface area contributed by atoms with Gasteiger partial charge in [0.05, 0.1) is 22.1 Å². The Morgan fingerprint density at radius 1 is 0.339 bits per heavy atom. The number of ether oxygens (including phenoxy) is 1. The summed E-state index contributed by atoms with van der Waals surface area (Å²) >= 11 is 0. The lowest BCUT2D eigenvalue weighted by atomic mass is 9.50. The van der Waals surface area contributed by atoms with Crippen LogP contribution in [0.1, 0.15) is 0 Å². The van der Waals surface area contributed by atoms with E-state index in [4.69, 9.17) is 9.39 Å². The van der Waals surface area contributed by atoms with Crippen LogP contribution in [-0.4, -0.2) is 16.0 Å². The largest absolute Gasteiger partial charge is 0.551 e. The van der Waals surface area contributed by atoms with E-state index in [2.05, 4.69) is 197 Å². The summed E-state index contributed by atoms with van der Waals surface area (Å²) in [6, 6.07) is 71.8. The summed E-state index contributed by atoms with van der Waals surface area (Å²) in [7, 11) is 0. The molecular formula is C54H33BN2O2. The van der Waals surface area contributed by atoms with Crippen molar-refractivity contribution in [3.8, 4) is 62.0 Å². The van der Waals surface area contributed by atoms with Gasteiger partial charge in [-0.2, -0.15) is 0 Å². The summed E-state index contributed by atoms with van der Waals surface area (Å²) in [6.45, 7) is -0.297. The summed E-state index contributed by atoms with van der Waals surface area (Å²) in [6.07, 6.45) is 0. The summed E-state index contributed by atoms with van der Waals surface area (Å²) in [5.74, 6) is 2.52. The number of rotatable bonds is 4. The first-order chi connectivity index (χ1) is 29.2. The number of benzene rings is 9. The Bertz CT molecular complexity index is 3430. The van der Waals surface area contributed by atoms with Crippen LogP contribution in [0.4, 0.5) is 0 Å². The normalized spacial score (nSPS) is 12.6. The van der Waals surface area contributed by atoms with E-state index in [0.29, 0.717) is 0 Å². The van der Waals surface area contributed by atoms with E-state index in [1.807, 2.05) is 12.1 Å². The van der Waals surface area contributed by atoms with Crippen LogP contribution in [0.5, 0.6) is 17.2 Å². The van der Waals surface area contributed by atoms with Crippen molar-refractivity contribution in [2.45, 2.75) is 0 Å². The topological polar surface area (TPSA) is 28.3 Å². The van der Waals surface area contributed by atoms with Gasteiger partial charge in [0.25, 0.3) is 0 Å². The molecule has 0 unspecified atom stereocenters. The molecule has 0 saturated heterocycles. The minimum Gasteiger partial charge on any atom is -0.551 e. The fourth-order valence-corrected chi connectivity index (χ4v) is 9.76. The van der Waals surface area contributed by atoms with Crippen molar-refractivity contribution in [2.24, 2.45) is 0 Å². The smallest absolute Gasteiger partial charge is 0.434 e. The van der Waals surface area contributed by atoms with Gasteiger partial charge >= 0.3 is 6.92 Å². The van der Waals surface area contributed by atoms with E-state index in [-0.39, 0.29) is 6.92 Å². The highest BCUT2D eigenvalue weighted by atomic mass is 16.5. The van der Waals surface area contributed by atoms with E-state index in [9.17, 15) is 0 Å². The molecule has 2 aliphatic rings. The van der Waals surface area contributed by atoms with Crippen molar-refractivity contribution in [3.05, 3.63) is 200 Å². The molecule has 0 N–H and O–H groups in total. The molecule has 9 aromatic carbocycles. The fraction of sp³-hybridized carbons (Fsp3) is 0. The molecule has 0 fully saturated rings. The molecule has 0 aliphatic carbocycles. The minimum absolute atomic E-state index is 0.297. The van der Waals surface area contributed by atoms with Crippen molar-refractivity contribution >= 4 is 61.5 Å². The number of para-hydroxylation sites is 5. The standard InChI is InChI=1S/C54H33BN2O2/c1-6-22-47-40(17-1)41-18-2-7-23-48(41)56(47)38-15-11-13-34(29-38)36-27-28-44-45-31-37(33-53-54(45)55(59-52(44)32-36)46-21-5-10-26-51(46)58-53)35-14-12-16-39(30-35)57-49-24-8-3-19-42(49)43-20-4-9-25-50(43)57/h1-33H. The molecule has 11 aromatic rings. The van der Waals surface area contributed by atoms with Crippen LogP contribution >= 0.6 is 0 Å². The van der Waals surface area contributed by atoms with Crippen LogP contribution < -0.4 is 20.3 Å². The van der Waals surface area contributed by atoms with E-state index in [1.165, 1.54) is 43.6 Å². The molecule has 59 heavy (non-hydrogen) atoms. The summed E-state index contributed by atoms with van der Waals surface area (Å²) < 4.78 is 18.5. The number of nitrogens with zero attached hydrogens (tertiary/aromatic N) is 2. The van der Waals surface area contributed by atoms with Gasteiger partial charge in [-0.15, -0.1) is 0 Å². The SMILES string of the molecule is c1cc(-c2ccc3c(c2)OB2c4ccccc4Oc4cc(-c5cccc(-n6c7ccccc7c7ccccc76)c5)cc-3c42)cc(-n2c3ccccc3c3ccccc32)c1.